The van der Waals surface area contributed by atoms with E-state index in [1.54, 1.807) is 0 Å². The molecule has 0 spiro atoms. The largest absolute Gasteiger partial charge is 0.455 e. The average Bonchev–Trinajstić information content (AvgIpc) is 3.72. The van der Waals surface area contributed by atoms with Crippen LogP contribution in [0, 0.1) is 0 Å². The van der Waals surface area contributed by atoms with E-state index in [9.17, 15) is 9.60 Å². The standard InChI is InChI=1S/C42H26O/c1-2-12-27(13-3-1)29-24-25-39-38(26-29)36-22-11-23-37(42(36)43-39)41-34-19-8-6-17-32(34)40(33-18-7-9-20-35(33)41)31-21-10-15-28-14-4-5-16-30(28)31/h1-26H/i1D,2D,3D,4D,5D,6D,7D,8D,9D,10D,11D,12D,13D,14D,15D,16D,17D,18D,19D,20D,21D,22D,23D,24D,25D,26D. The maximum atomic E-state index is 9.43. The summed E-state index contributed by atoms with van der Waals surface area (Å²) in [5.41, 5.74) is -5.47. The summed E-state index contributed by atoms with van der Waals surface area (Å²) in [6.07, 6.45) is 0. The third-order valence-corrected chi connectivity index (χ3v) is 7.00. The highest BCUT2D eigenvalue weighted by Crippen LogP contribution is 2.47. The van der Waals surface area contributed by atoms with Gasteiger partial charge in [0.2, 0.25) is 0 Å². The van der Waals surface area contributed by atoms with Crippen LogP contribution in [0.3, 0.4) is 0 Å². The quantitative estimate of drug-likeness (QED) is 0.192. The molecule has 1 heterocycles. The number of hydrogen-bond donors (Lipinski definition) is 0. The summed E-state index contributed by atoms with van der Waals surface area (Å²) in [5, 5.41) is -5.14. The Morgan fingerprint density at radius 3 is 1.63 bits per heavy atom. The highest BCUT2D eigenvalue weighted by molar-refractivity contribution is 6.25. The number of furan rings is 1. The molecule has 0 amide bonds. The lowest BCUT2D eigenvalue weighted by Gasteiger charge is -2.18. The summed E-state index contributed by atoms with van der Waals surface area (Å²) >= 11 is 0. The molecule has 1 heteroatoms. The molecule has 1 aromatic heterocycles. The van der Waals surface area contributed by atoms with Gasteiger partial charge in [0.1, 0.15) is 11.2 Å². The van der Waals surface area contributed by atoms with Gasteiger partial charge in [-0.25, -0.2) is 0 Å². The summed E-state index contributed by atoms with van der Waals surface area (Å²) in [6, 6.07) is -23.5. The number of hydrogen-bond acceptors (Lipinski definition) is 1. The Morgan fingerprint density at radius 2 is 0.907 bits per heavy atom. The SMILES string of the molecule is [2H]c1c([2H])c([2H])c(-c2c([2H])c([2H])c3oc4c(-c5c6c([2H])c([2H])c([2H])c([2H])c6c(-c6c([2H])c([2H])c([2H])c7c([2H])c([2H])c([2H])c([2H])c67)c6c([2H])c([2H])c([2H])c([2H])c56)c([2H])c([2H])c([2H])c4c3c2[2H])c([2H])c1[2H]. The molecule has 0 N–H and O–H groups in total. The first-order valence-corrected chi connectivity index (χ1v) is 12.7. The van der Waals surface area contributed by atoms with Crippen molar-refractivity contribution in [1.29, 1.82) is 0 Å². The summed E-state index contributed by atoms with van der Waals surface area (Å²) in [5.74, 6) is 0. The van der Waals surface area contributed by atoms with E-state index in [0.29, 0.717) is 0 Å². The van der Waals surface area contributed by atoms with E-state index in [-0.39, 0.29) is 0 Å². The van der Waals surface area contributed by atoms with Gasteiger partial charge in [-0.1, -0.05) is 145 Å². The van der Waals surface area contributed by atoms with Crippen molar-refractivity contribution in [3.8, 4) is 33.4 Å². The molecule has 0 aliphatic carbocycles. The van der Waals surface area contributed by atoms with E-state index in [2.05, 4.69) is 0 Å². The predicted octanol–water partition coefficient (Wildman–Crippen LogP) is 12.0. The minimum absolute atomic E-state index is 0.542. The third-order valence-electron chi connectivity index (χ3n) is 7.00. The Kier molecular flexibility index (Phi) is 2.13. The van der Waals surface area contributed by atoms with Gasteiger partial charge in [-0.05, 0) is 66.7 Å². The van der Waals surface area contributed by atoms with Crippen molar-refractivity contribution >= 4 is 54.3 Å². The Bertz CT molecular complexity index is 3850. The fourth-order valence-corrected chi connectivity index (χ4v) is 5.22. The summed E-state index contributed by atoms with van der Waals surface area (Å²) in [4.78, 5) is 0. The molecule has 0 aliphatic heterocycles. The van der Waals surface area contributed by atoms with Crippen LogP contribution in [-0.2, 0) is 0 Å². The van der Waals surface area contributed by atoms with Gasteiger partial charge in [0.05, 0.1) is 35.6 Å². The number of benzene rings is 8. The van der Waals surface area contributed by atoms with Crippen LogP contribution in [0.25, 0.3) is 87.6 Å². The zero-order valence-electron chi connectivity index (χ0n) is 47.4. The van der Waals surface area contributed by atoms with E-state index in [1.807, 2.05) is 0 Å². The van der Waals surface area contributed by atoms with E-state index < -0.39 is 245 Å². The molecule has 0 unspecified atom stereocenters. The Labute approximate surface area is 285 Å². The van der Waals surface area contributed by atoms with Gasteiger partial charge in [0, 0.05) is 21.9 Å². The number of para-hydroxylation sites is 1. The molecule has 8 aromatic carbocycles. The smallest absolute Gasteiger partial charge is 0.143 e. The predicted molar refractivity (Wildman–Crippen MR) is 183 cm³/mol. The van der Waals surface area contributed by atoms with Gasteiger partial charge >= 0.3 is 0 Å². The van der Waals surface area contributed by atoms with Gasteiger partial charge < -0.3 is 4.42 Å². The van der Waals surface area contributed by atoms with Gasteiger partial charge in [0.25, 0.3) is 0 Å². The molecule has 9 rings (SSSR count). The van der Waals surface area contributed by atoms with Crippen LogP contribution in [0.5, 0.6) is 0 Å². The molecule has 0 fully saturated rings. The summed E-state index contributed by atoms with van der Waals surface area (Å²) in [6.45, 7) is 0. The van der Waals surface area contributed by atoms with Crippen molar-refractivity contribution in [1.82, 2.24) is 0 Å². The lowest BCUT2D eigenvalue weighted by molar-refractivity contribution is 0.670. The molecule has 0 saturated heterocycles. The fourth-order valence-electron chi connectivity index (χ4n) is 5.22. The molecule has 0 radical (unpaired) electrons. The second-order valence-electron chi connectivity index (χ2n) is 9.26. The molecule has 0 saturated carbocycles. The second kappa shape index (κ2) is 9.44. The van der Waals surface area contributed by atoms with Crippen molar-refractivity contribution < 1.29 is 40.1 Å². The zero-order chi connectivity index (χ0) is 51.0. The molecular formula is C42H26O. The van der Waals surface area contributed by atoms with Crippen LogP contribution in [0.4, 0.5) is 0 Å². The van der Waals surface area contributed by atoms with Crippen LogP contribution < -0.4 is 0 Å². The average molecular weight is 573 g/mol. The van der Waals surface area contributed by atoms with Crippen molar-refractivity contribution in [2.45, 2.75) is 0 Å². The molecule has 9 aromatic rings. The molecule has 0 bridgehead atoms. The fraction of sp³-hybridized carbons (Fsp3) is 0. The van der Waals surface area contributed by atoms with Gasteiger partial charge in [-0.15, -0.1) is 0 Å². The first-order valence-electron chi connectivity index (χ1n) is 25.7. The maximum absolute atomic E-state index is 9.43. The molecule has 1 nitrogen and oxygen atoms in total. The summed E-state index contributed by atoms with van der Waals surface area (Å²) in [7, 11) is 0. The Balaban J connectivity index is 1.63. The molecule has 200 valence electrons. The molecular weight excluding hydrogens is 520 g/mol. The lowest BCUT2D eigenvalue weighted by Crippen LogP contribution is -1.91. The van der Waals surface area contributed by atoms with Crippen LogP contribution in [0.1, 0.15) is 35.6 Å². The normalized spacial score (nSPS) is 20.2. The lowest BCUT2D eigenvalue weighted by atomic mass is 9.84. The highest BCUT2D eigenvalue weighted by Gasteiger charge is 2.21. The van der Waals surface area contributed by atoms with Crippen LogP contribution >= 0.6 is 0 Å². The van der Waals surface area contributed by atoms with Crippen molar-refractivity contribution in [2.24, 2.45) is 0 Å². The van der Waals surface area contributed by atoms with E-state index in [1.165, 1.54) is 0 Å². The van der Waals surface area contributed by atoms with Gasteiger partial charge in [-0.2, -0.15) is 0 Å². The van der Waals surface area contributed by atoms with Crippen molar-refractivity contribution in [3.63, 3.8) is 0 Å². The van der Waals surface area contributed by atoms with Crippen molar-refractivity contribution in [3.05, 3.63) is 157 Å². The molecule has 0 atom stereocenters. The maximum Gasteiger partial charge on any atom is 0.143 e. The molecule has 0 aliphatic rings. The highest BCUT2D eigenvalue weighted by atomic mass is 16.3. The van der Waals surface area contributed by atoms with Gasteiger partial charge in [-0.3, -0.25) is 0 Å². The molecule has 43 heavy (non-hydrogen) atoms. The first-order chi connectivity index (χ1) is 32.2. The minimum Gasteiger partial charge on any atom is -0.455 e. The second-order valence-corrected chi connectivity index (χ2v) is 9.26. The Morgan fingerprint density at radius 1 is 0.372 bits per heavy atom. The Hall–Kier alpha value is -5.66. The van der Waals surface area contributed by atoms with Crippen LogP contribution in [0.15, 0.2) is 162 Å². The van der Waals surface area contributed by atoms with Crippen LogP contribution in [0.2, 0.25) is 0 Å². The zero-order valence-corrected chi connectivity index (χ0v) is 21.4. The first kappa shape index (κ1) is 9.69. The number of fused-ring (bicyclic) bond motifs is 6. The monoisotopic (exact) mass is 572 g/mol. The topological polar surface area (TPSA) is 13.1 Å². The van der Waals surface area contributed by atoms with Gasteiger partial charge in [0.15, 0.2) is 0 Å². The van der Waals surface area contributed by atoms with Crippen LogP contribution in [-0.4, -0.2) is 0 Å². The number of rotatable bonds is 3. The summed E-state index contributed by atoms with van der Waals surface area (Å²) < 4.78 is 238. The minimum atomic E-state index is -0.974. The van der Waals surface area contributed by atoms with E-state index in [0.717, 1.165) is 0 Å². The third kappa shape index (κ3) is 3.65. The van der Waals surface area contributed by atoms with E-state index >= 15 is 0 Å². The van der Waals surface area contributed by atoms with Crippen molar-refractivity contribution in [2.75, 3.05) is 0 Å². The van der Waals surface area contributed by atoms with E-state index in [4.69, 9.17) is 30.5 Å².